The molecule has 3 aliphatic carbocycles. The van der Waals surface area contributed by atoms with Crippen molar-refractivity contribution in [2.24, 2.45) is 29.1 Å². The van der Waals surface area contributed by atoms with E-state index in [4.69, 9.17) is 6.58 Å². The van der Waals surface area contributed by atoms with Gasteiger partial charge in [0.2, 0.25) is 0 Å². The van der Waals surface area contributed by atoms with Gasteiger partial charge < -0.3 is 0 Å². The van der Waals surface area contributed by atoms with Gasteiger partial charge in [-0.25, -0.2) is 0 Å². The number of allylic oxidation sites excluding steroid dienone is 4. The minimum absolute atomic E-state index is 0.287. The molecule has 0 amide bonds. The number of hydrogen-bond donors (Lipinski definition) is 0. The summed E-state index contributed by atoms with van der Waals surface area (Å²) in [5, 5.41) is 5.02. The zero-order valence-corrected chi connectivity index (χ0v) is 37.6. The van der Waals surface area contributed by atoms with E-state index >= 15 is 0 Å². The van der Waals surface area contributed by atoms with Crippen LogP contribution in [0.4, 0.5) is 0 Å². The van der Waals surface area contributed by atoms with E-state index in [1.165, 1.54) is 93.7 Å². The van der Waals surface area contributed by atoms with E-state index in [1.807, 2.05) is 33.3 Å². The fourth-order valence-electron chi connectivity index (χ4n) is 8.81. The Morgan fingerprint density at radius 1 is 0.906 bits per heavy atom. The molecule has 4 unspecified atom stereocenters. The Balaban J connectivity index is 0.000000602. The highest BCUT2D eigenvalue weighted by Crippen LogP contribution is 2.57. The molecule has 0 bridgehead atoms. The maximum atomic E-state index is 4.70. The van der Waals surface area contributed by atoms with Gasteiger partial charge in [-0.1, -0.05) is 136 Å². The SMILES string of the molecule is C=C(C)CC.C=C1c2ccccc2C(=C)N2C(/C=C3\CCCC4(C)C(C/C=C/CC(C)C)CCCC34)C3=C(CCCC3)CN12.CC.CC(C)C.CSC. The summed E-state index contributed by atoms with van der Waals surface area (Å²) in [6.07, 6.45) is 28.7. The van der Waals surface area contributed by atoms with Gasteiger partial charge in [-0.2, -0.15) is 11.8 Å². The molecular formula is C50H82N2S. The molecule has 0 spiro atoms. The fourth-order valence-corrected chi connectivity index (χ4v) is 8.81. The molecule has 1 aromatic rings. The van der Waals surface area contributed by atoms with Crippen LogP contribution in [0, 0.1) is 29.1 Å². The summed E-state index contributed by atoms with van der Waals surface area (Å²) in [7, 11) is 0. The molecule has 0 radical (unpaired) electrons. The molecule has 298 valence electrons. The van der Waals surface area contributed by atoms with Crippen LogP contribution in [0.15, 0.2) is 84.5 Å². The molecule has 2 fully saturated rings. The van der Waals surface area contributed by atoms with Gasteiger partial charge in [0.1, 0.15) is 0 Å². The molecule has 3 heteroatoms. The number of rotatable bonds is 6. The Morgan fingerprint density at radius 3 is 2.08 bits per heavy atom. The van der Waals surface area contributed by atoms with Crippen molar-refractivity contribution in [2.75, 3.05) is 19.1 Å². The van der Waals surface area contributed by atoms with Crippen molar-refractivity contribution >= 4 is 23.2 Å². The first-order chi connectivity index (χ1) is 25.3. The quantitative estimate of drug-likeness (QED) is 0.268. The minimum atomic E-state index is 0.287. The molecule has 0 aromatic heterocycles. The topological polar surface area (TPSA) is 6.48 Å². The van der Waals surface area contributed by atoms with Crippen LogP contribution in [0.5, 0.6) is 0 Å². The molecule has 4 atom stereocenters. The molecule has 1 aromatic carbocycles. The highest BCUT2D eigenvalue weighted by molar-refractivity contribution is 7.97. The van der Waals surface area contributed by atoms with Gasteiger partial charge in [-0.3, -0.25) is 10.0 Å². The smallest absolute Gasteiger partial charge is 0.0903 e. The molecule has 53 heavy (non-hydrogen) atoms. The van der Waals surface area contributed by atoms with Gasteiger partial charge >= 0.3 is 0 Å². The molecule has 2 heterocycles. The summed E-state index contributed by atoms with van der Waals surface area (Å²) in [5.41, 5.74) is 11.6. The average Bonchev–Trinajstić information content (AvgIpc) is 3.13. The Morgan fingerprint density at radius 2 is 1.49 bits per heavy atom. The third-order valence-corrected chi connectivity index (χ3v) is 11.6. The van der Waals surface area contributed by atoms with Crippen molar-refractivity contribution in [1.29, 1.82) is 0 Å². The van der Waals surface area contributed by atoms with E-state index in [9.17, 15) is 0 Å². The van der Waals surface area contributed by atoms with Gasteiger partial charge in [-0.15, -0.1) is 6.58 Å². The maximum Gasteiger partial charge on any atom is 0.0903 e. The van der Waals surface area contributed by atoms with E-state index in [-0.39, 0.29) is 6.04 Å². The second-order valence-corrected chi connectivity index (χ2v) is 18.0. The van der Waals surface area contributed by atoms with Crippen molar-refractivity contribution in [3.63, 3.8) is 0 Å². The summed E-state index contributed by atoms with van der Waals surface area (Å²) >= 11 is 1.75. The molecule has 2 aliphatic heterocycles. The largest absolute Gasteiger partial charge is 0.280 e. The van der Waals surface area contributed by atoms with Crippen LogP contribution in [0.25, 0.3) is 11.4 Å². The van der Waals surface area contributed by atoms with Crippen LogP contribution < -0.4 is 0 Å². The molecule has 2 nitrogen and oxygen atoms in total. The zero-order valence-electron chi connectivity index (χ0n) is 36.8. The summed E-state index contributed by atoms with van der Waals surface area (Å²) in [5.74, 6) is 3.12. The van der Waals surface area contributed by atoms with Gasteiger partial charge in [0.25, 0.3) is 0 Å². The minimum Gasteiger partial charge on any atom is -0.280 e. The first-order valence-electron chi connectivity index (χ1n) is 21.5. The lowest BCUT2D eigenvalue weighted by atomic mass is 9.53. The number of hydrazine groups is 1. The van der Waals surface area contributed by atoms with Crippen LogP contribution in [0.3, 0.4) is 0 Å². The van der Waals surface area contributed by atoms with Crippen LogP contribution in [0.2, 0.25) is 0 Å². The Bertz CT molecular complexity index is 1390. The summed E-state index contributed by atoms with van der Waals surface area (Å²) in [6, 6.07) is 9.05. The highest BCUT2D eigenvalue weighted by atomic mass is 32.2. The molecule has 5 aliphatic rings. The summed E-state index contributed by atoms with van der Waals surface area (Å²) < 4.78 is 0. The standard InChI is InChI=1S/C37H50N2.C5H10.C4H10.C2H6S.C2H6/c1-26(2)14-6-8-17-31-18-12-22-35-29(16-13-23-37(31,35)5)24-36-34-21-9-7-15-30(34)25-38-27(3)32-19-10-11-20-33(32)28(4)39(36)38;1-4-5(2)3;1-4(2)3;1-3-2;1-2/h6,8,10-11,19-20,24,26,31,35-36H,3-4,7,9,12-18,21-23,25H2,1-2,5H3;2,4H2,1,3H3;4H,1-3H3;1-2H3;1-2H3/b8-6+,29-24+;;;;. The number of fused-ring (bicyclic) bond motifs is 3. The van der Waals surface area contributed by atoms with E-state index in [0.717, 1.165) is 48.0 Å². The third kappa shape index (κ3) is 12.8. The van der Waals surface area contributed by atoms with E-state index in [2.05, 4.69) is 114 Å². The normalized spacial score (nSPS) is 25.4. The number of hydrogen-bond acceptors (Lipinski definition) is 3. The second kappa shape index (κ2) is 23.5. The van der Waals surface area contributed by atoms with Crippen molar-refractivity contribution in [3.05, 3.63) is 95.6 Å². The number of nitrogens with zero attached hydrogens (tertiary/aromatic N) is 2. The van der Waals surface area contributed by atoms with E-state index in [1.54, 1.807) is 28.5 Å². The molecule has 0 N–H and O–H groups in total. The Labute approximate surface area is 334 Å². The summed E-state index contributed by atoms with van der Waals surface area (Å²) in [6.45, 7) is 35.9. The van der Waals surface area contributed by atoms with E-state index in [0.29, 0.717) is 5.41 Å². The predicted molar refractivity (Wildman–Crippen MR) is 243 cm³/mol. The fraction of sp³-hybridized carbons (Fsp3) is 0.640. The van der Waals surface area contributed by atoms with Crippen LogP contribution >= 0.6 is 11.8 Å². The van der Waals surface area contributed by atoms with Crippen LogP contribution in [-0.4, -0.2) is 35.1 Å². The average molecular weight is 743 g/mol. The maximum absolute atomic E-state index is 4.70. The van der Waals surface area contributed by atoms with Crippen molar-refractivity contribution in [2.45, 2.75) is 159 Å². The molecule has 0 saturated heterocycles. The van der Waals surface area contributed by atoms with E-state index < -0.39 is 0 Å². The lowest BCUT2D eigenvalue weighted by Gasteiger charge is -2.54. The lowest BCUT2D eigenvalue weighted by molar-refractivity contribution is 0.0314. The Hall–Kier alpha value is -2.39. The predicted octanol–water partition coefficient (Wildman–Crippen LogP) is 15.6. The first kappa shape index (κ1) is 46.8. The molecule has 6 rings (SSSR count). The summed E-state index contributed by atoms with van der Waals surface area (Å²) in [4.78, 5) is 0. The van der Waals surface area contributed by atoms with Crippen molar-refractivity contribution in [1.82, 2.24) is 10.0 Å². The number of benzene rings is 1. The van der Waals surface area contributed by atoms with Crippen LogP contribution in [-0.2, 0) is 0 Å². The van der Waals surface area contributed by atoms with Crippen molar-refractivity contribution in [3.8, 4) is 0 Å². The second-order valence-electron chi connectivity index (χ2n) is 17.2. The van der Waals surface area contributed by atoms with Gasteiger partial charge in [0.05, 0.1) is 24.0 Å². The van der Waals surface area contributed by atoms with Crippen LogP contribution in [0.1, 0.15) is 164 Å². The zero-order chi connectivity index (χ0) is 39.7. The van der Waals surface area contributed by atoms with Gasteiger partial charge in [0, 0.05) is 11.1 Å². The Kier molecular flexibility index (Phi) is 20.7. The molecular weight excluding hydrogens is 661 g/mol. The molecule has 2 saturated carbocycles. The monoisotopic (exact) mass is 743 g/mol. The third-order valence-electron chi connectivity index (χ3n) is 11.6. The van der Waals surface area contributed by atoms with Gasteiger partial charge in [0.15, 0.2) is 0 Å². The lowest BCUT2D eigenvalue weighted by Crippen LogP contribution is -2.53. The highest BCUT2D eigenvalue weighted by Gasteiger charge is 2.47. The first-order valence-corrected chi connectivity index (χ1v) is 23.1. The number of thioether (sulfide) groups is 1. The van der Waals surface area contributed by atoms with Gasteiger partial charge in [-0.05, 0) is 137 Å². The van der Waals surface area contributed by atoms with Crippen molar-refractivity contribution < 1.29 is 0 Å².